The van der Waals surface area contributed by atoms with Gasteiger partial charge in [0, 0.05) is 0 Å². The molecule has 0 atom stereocenters. The third-order valence-electron chi connectivity index (χ3n) is 3.65. The van der Waals surface area contributed by atoms with Gasteiger partial charge in [-0.15, -0.1) is 0 Å². The van der Waals surface area contributed by atoms with Crippen molar-refractivity contribution in [2.45, 2.75) is 26.2 Å². The quantitative estimate of drug-likeness (QED) is 0.915. The van der Waals surface area contributed by atoms with Crippen molar-refractivity contribution in [3.63, 3.8) is 0 Å². The van der Waals surface area contributed by atoms with Gasteiger partial charge in [-0.1, -0.05) is 26.8 Å². The zero-order chi connectivity index (χ0) is 14.8. The molecule has 4 nitrogen and oxygen atoms in total. The first-order valence-electron chi connectivity index (χ1n) is 6.76. The topological polar surface area (TPSA) is 62.5 Å². The van der Waals surface area contributed by atoms with Gasteiger partial charge < -0.3 is 14.6 Å². The molecule has 1 saturated heterocycles. The molecule has 0 amide bonds. The molecular weight excluding hydrogens is 254 g/mol. The van der Waals surface area contributed by atoms with Crippen molar-refractivity contribution < 1.29 is 14.6 Å². The maximum Gasteiger partial charge on any atom is 0.137 e. The highest BCUT2D eigenvalue weighted by Crippen LogP contribution is 2.31. The predicted octanol–water partition coefficient (Wildman–Crippen LogP) is 2.24. The van der Waals surface area contributed by atoms with Gasteiger partial charge in [0.15, 0.2) is 0 Å². The lowest BCUT2D eigenvalue weighted by atomic mass is 9.86. The molecule has 1 fully saturated rings. The van der Waals surface area contributed by atoms with Crippen LogP contribution in [0.2, 0.25) is 0 Å². The summed E-state index contributed by atoms with van der Waals surface area (Å²) in [6.07, 6.45) is 0. The monoisotopic (exact) mass is 275 g/mol. The number of hydrogen-bond donors (Lipinski definition) is 1. The summed E-state index contributed by atoms with van der Waals surface area (Å²) in [7, 11) is 0. The Morgan fingerprint density at radius 1 is 1.40 bits per heavy atom. The molecule has 0 unspecified atom stereocenters. The van der Waals surface area contributed by atoms with Crippen molar-refractivity contribution in [3.8, 4) is 11.8 Å². The zero-order valence-corrected chi connectivity index (χ0v) is 12.3. The second-order valence-electron chi connectivity index (χ2n) is 6.51. The molecule has 1 aromatic rings. The standard InChI is InChI=1S/C16H21NO3/c1-15(2,3)13-4-5-14(12(6-13)7-17)20-11-16(8-18)9-19-10-16/h4-6,18H,8-11H2,1-3H3. The minimum absolute atomic E-state index is 0.00172. The van der Waals surface area contributed by atoms with Crippen LogP contribution in [-0.2, 0) is 10.2 Å². The molecule has 2 rings (SSSR count). The summed E-state index contributed by atoms with van der Waals surface area (Å²) in [6.45, 7) is 7.74. The number of benzene rings is 1. The Hall–Kier alpha value is -1.57. The first-order valence-corrected chi connectivity index (χ1v) is 6.76. The Balaban J connectivity index is 2.14. The van der Waals surface area contributed by atoms with Crippen molar-refractivity contribution in [1.82, 2.24) is 0 Å². The van der Waals surface area contributed by atoms with Crippen LogP contribution in [0.4, 0.5) is 0 Å². The third-order valence-corrected chi connectivity index (χ3v) is 3.65. The van der Waals surface area contributed by atoms with E-state index in [2.05, 4.69) is 26.8 Å². The van der Waals surface area contributed by atoms with Crippen molar-refractivity contribution in [2.24, 2.45) is 5.41 Å². The summed E-state index contributed by atoms with van der Waals surface area (Å²) >= 11 is 0. The van der Waals surface area contributed by atoms with Crippen LogP contribution in [0.1, 0.15) is 31.9 Å². The van der Waals surface area contributed by atoms with Gasteiger partial charge in [0.1, 0.15) is 18.4 Å². The molecule has 0 radical (unpaired) electrons. The summed E-state index contributed by atoms with van der Waals surface area (Å²) in [4.78, 5) is 0. The highest BCUT2D eigenvalue weighted by molar-refractivity contribution is 5.47. The molecule has 0 saturated carbocycles. The molecule has 108 valence electrons. The summed E-state index contributed by atoms with van der Waals surface area (Å²) in [5, 5.41) is 18.6. The Kier molecular flexibility index (Phi) is 4.03. The molecular formula is C16H21NO3. The van der Waals surface area contributed by atoms with Crippen molar-refractivity contribution >= 4 is 0 Å². The van der Waals surface area contributed by atoms with Gasteiger partial charge in [0.05, 0.1) is 30.8 Å². The first-order chi connectivity index (χ1) is 9.40. The maximum atomic E-state index is 9.37. The lowest BCUT2D eigenvalue weighted by Crippen LogP contribution is -2.50. The van der Waals surface area contributed by atoms with Gasteiger partial charge in [-0.05, 0) is 23.1 Å². The molecule has 0 aromatic heterocycles. The van der Waals surface area contributed by atoms with E-state index in [0.717, 1.165) is 5.56 Å². The number of hydrogen-bond acceptors (Lipinski definition) is 4. The van der Waals surface area contributed by atoms with Gasteiger partial charge in [-0.25, -0.2) is 0 Å². The molecule has 1 aromatic carbocycles. The molecule has 4 heteroatoms. The first kappa shape index (κ1) is 14.8. The average Bonchev–Trinajstić information content (AvgIpc) is 2.37. The number of rotatable bonds is 4. The Morgan fingerprint density at radius 2 is 2.10 bits per heavy atom. The van der Waals surface area contributed by atoms with E-state index in [0.29, 0.717) is 31.1 Å². The van der Waals surface area contributed by atoms with Gasteiger partial charge in [-0.3, -0.25) is 0 Å². The summed E-state index contributed by atoms with van der Waals surface area (Å²) in [5.74, 6) is 0.570. The minimum atomic E-state index is -0.310. The van der Waals surface area contributed by atoms with E-state index < -0.39 is 0 Å². The molecule has 0 bridgehead atoms. The lowest BCUT2D eigenvalue weighted by molar-refractivity contribution is -0.153. The van der Waals surface area contributed by atoms with Gasteiger partial charge in [0.25, 0.3) is 0 Å². The molecule has 20 heavy (non-hydrogen) atoms. The van der Waals surface area contributed by atoms with E-state index in [4.69, 9.17) is 9.47 Å². The second kappa shape index (κ2) is 5.43. The molecule has 1 aliphatic heterocycles. The predicted molar refractivity (Wildman–Crippen MR) is 75.7 cm³/mol. The van der Waals surface area contributed by atoms with E-state index in [9.17, 15) is 10.4 Å². The fourth-order valence-electron chi connectivity index (χ4n) is 2.05. The fourth-order valence-corrected chi connectivity index (χ4v) is 2.05. The minimum Gasteiger partial charge on any atom is -0.491 e. The van der Waals surface area contributed by atoms with Crippen LogP contribution in [0.5, 0.6) is 5.75 Å². The Labute approximate surface area is 119 Å². The molecule has 1 aliphatic rings. The molecule has 1 heterocycles. The van der Waals surface area contributed by atoms with E-state index in [1.165, 1.54) is 0 Å². The average molecular weight is 275 g/mol. The van der Waals surface area contributed by atoms with Crippen LogP contribution in [0.25, 0.3) is 0 Å². The Morgan fingerprint density at radius 3 is 2.55 bits per heavy atom. The summed E-state index contributed by atoms with van der Waals surface area (Å²) in [5.41, 5.74) is 1.32. The van der Waals surface area contributed by atoms with E-state index in [-0.39, 0.29) is 17.4 Å². The summed E-state index contributed by atoms with van der Waals surface area (Å²) < 4.78 is 10.9. The van der Waals surface area contributed by atoms with Gasteiger partial charge in [-0.2, -0.15) is 5.26 Å². The van der Waals surface area contributed by atoms with Crippen molar-refractivity contribution in [1.29, 1.82) is 5.26 Å². The van der Waals surface area contributed by atoms with Gasteiger partial charge in [0.2, 0.25) is 0 Å². The van der Waals surface area contributed by atoms with Crippen LogP contribution in [0.15, 0.2) is 18.2 Å². The zero-order valence-electron chi connectivity index (χ0n) is 12.3. The Bertz CT molecular complexity index is 516. The lowest BCUT2D eigenvalue weighted by Gasteiger charge is -2.39. The number of nitriles is 1. The van der Waals surface area contributed by atoms with Crippen LogP contribution in [-0.4, -0.2) is 31.5 Å². The SMILES string of the molecule is CC(C)(C)c1ccc(OCC2(CO)COC2)c(C#N)c1. The van der Waals surface area contributed by atoms with Crippen molar-refractivity contribution in [3.05, 3.63) is 29.3 Å². The normalized spacial score (nSPS) is 17.1. The number of aliphatic hydroxyl groups excluding tert-OH is 1. The van der Waals surface area contributed by atoms with E-state index in [1.807, 2.05) is 18.2 Å². The van der Waals surface area contributed by atoms with Crippen LogP contribution in [0.3, 0.4) is 0 Å². The smallest absolute Gasteiger partial charge is 0.137 e. The van der Waals surface area contributed by atoms with Crippen molar-refractivity contribution in [2.75, 3.05) is 26.4 Å². The second-order valence-corrected chi connectivity index (χ2v) is 6.51. The fraction of sp³-hybridized carbons (Fsp3) is 0.562. The highest BCUT2D eigenvalue weighted by atomic mass is 16.5. The van der Waals surface area contributed by atoms with Crippen LogP contribution < -0.4 is 4.74 Å². The molecule has 0 aliphatic carbocycles. The van der Waals surface area contributed by atoms with Crippen LogP contribution in [0, 0.1) is 16.7 Å². The molecule has 1 N–H and O–H groups in total. The van der Waals surface area contributed by atoms with Crippen LogP contribution >= 0.6 is 0 Å². The number of aliphatic hydroxyl groups is 1. The number of ether oxygens (including phenoxy) is 2. The number of nitrogens with zero attached hydrogens (tertiary/aromatic N) is 1. The third kappa shape index (κ3) is 2.95. The van der Waals surface area contributed by atoms with E-state index >= 15 is 0 Å². The summed E-state index contributed by atoms with van der Waals surface area (Å²) in [6, 6.07) is 7.88. The highest BCUT2D eigenvalue weighted by Gasteiger charge is 2.39. The van der Waals surface area contributed by atoms with E-state index in [1.54, 1.807) is 0 Å². The molecule has 0 spiro atoms. The maximum absolute atomic E-state index is 9.37. The van der Waals surface area contributed by atoms with Gasteiger partial charge >= 0.3 is 0 Å². The largest absolute Gasteiger partial charge is 0.491 e.